The van der Waals surface area contributed by atoms with Gasteiger partial charge in [0.25, 0.3) is 0 Å². The Morgan fingerprint density at radius 1 is 1.15 bits per heavy atom. The Labute approximate surface area is 239 Å². The number of benzene rings is 3. The molecule has 5 N–H and O–H groups in total. The normalized spacial score (nSPS) is 17.9. The van der Waals surface area contributed by atoms with E-state index in [0.717, 1.165) is 18.2 Å². The van der Waals surface area contributed by atoms with E-state index in [1.54, 1.807) is 51.1 Å². The van der Waals surface area contributed by atoms with Crippen LogP contribution in [0.3, 0.4) is 0 Å². The Morgan fingerprint density at radius 3 is 2.44 bits per heavy atom. The smallest absolute Gasteiger partial charge is 0.407 e. The van der Waals surface area contributed by atoms with Crippen LogP contribution in [0.1, 0.15) is 48.4 Å². The van der Waals surface area contributed by atoms with Crippen LogP contribution >= 0.6 is 11.6 Å². The molecule has 218 valence electrons. The Morgan fingerprint density at radius 2 is 1.83 bits per heavy atom. The molecule has 0 aromatic heterocycles. The van der Waals surface area contributed by atoms with Crippen LogP contribution in [-0.4, -0.2) is 47.6 Å². The molecule has 3 aromatic rings. The molecule has 1 heterocycles. The number of fused-ring (bicyclic) bond motifs is 1. The summed E-state index contributed by atoms with van der Waals surface area (Å²) in [7, 11) is 0. The molecule has 12 heteroatoms. The lowest BCUT2D eigenvalue weighted by Crippen LogP contribution is -2.47. The summed E-state index contributed by atoms with van der Waals surface area (Å²) >= 11 is 6.39. The highest BCUT2D eigenvalue weighted by atomic mass is 35.5. The monoisotopic (exact) mass is 590 g/mol. The number of halogens is 3. The number of nitrogens with two attached hydrogens (primary N) is 1. The second kappa shape index (κ2) is 11.5. The molecular formula is C29H29ClF2N2O7. The maximum absolute atomic E-state index is 15.9. The highest BCUT2D eigenvalue weighted by molar-refractivity contribution is 6.34. The van der Waals surface area contributed by atoms with Crippen LogP contribution in [0.25, 0.3) is 11.1 Å². The van der Waals surface area contributed by atoms with Crippen molar-refractivity contribution in [3.8, 4) is 22.6 Å². The van der Waals surface area contributed by atoms with Gasteiger partial charge >= 0.3 is 6.09 Å². The number of rotatable bonds is 8. The van der Waals surface area contributed by atoms with Crippen molar-refractivity contribution in [2.75, 3.05) is 19.8 Å². The second-order valence-electron chi connectivity index (χ2n) is 10.3. The van der Waals surface area contributed by atoms with Crippen molar-refractivity contribution < 1.29 is 42.8 Å². The summed E-state index contributed by atoms with van der Waals surface area (Å²) < 4.78 is 48.0. The van der Waals surface area contributed by atoms with Gasteiger partial charge in [-0.1, -0.05) is 41.9 Å². The zero-order valence-corrected chi connectivity index (χ0v) is 23.2. The number of hydrogen-bond acceptors (Lipinski definition) is 7. The van der Waals surface area contributed by atoms with E-state index in [1.807, 2.05) is 0 Å². The molecule has 0 bridgehead atoms. The fraction of sp³-hybridized carbons (Fsp3) is 0.310. The highest BCUT2D eigenvalue weighted by Gasteiger charge is 2.52. The predicted molar refractivity (Wildman–Crippen MR) is 146 cm³/mol. The summed E-state index contributed by atoms with van der Waals surface area (Å²) in [6.07, 6.45) is -2.48. The molecule has 1 aliphatic rings. The first-order valence-electron chi connectivity index (χ1n) is 12.6. The molecule has 1 aliphatic heterocycles. The molecule has 0 aliphatic carbocycles. The number of primary amides is 1. The van der Waals surface area contributed by atoms with E-state index in [-0.39, 0.29) is 41.3 Å². The molecule has 9 nitrogen and oxygen atoms in total. The van der Waals surface area contributed by atoms with Gasteiger partial charge in [0, 0.05) is 28.3 Å². The van der Waals surface area contributed by atoms with Crippen molar-refractivity contribution in [1.82, 2.24) is 5.32 Å². The average molecular weight is 591 g/mol. The SMILES string of the molecule is CC(C)(C)OC(=O)NCC1(c2ccccc2)Oc2cc(F)c(Cl)c(-c3c(C(N)=O)ccc(OCCO)c3F)c2C1O. The lowest BCUT2D eigenvalue weighted by Gasteiger charge is -2.33. The van der Waals surface area contributed by atoms with Crippen LogP contribution in [-0.2, 0) is 10.3 Å². The predicted octanol–water partition coefficient (Wildman–Crippen LogP) is 4.60. The molecule has 0 saturated heterocycles. The maximum Gasteiger partial charge on any atom is 0.407 e. The Balaban J connectivity index is 1.93. The number of alkyl carbamates (subject to hydrolysis) is 1. The number of aliphatic hydroxyl groups excluding tert-OH is 2. The second-order valence-corrected chi connectivity index (χ2v) is 10.7. The third kappa shape index (κ3) is 5.79. The van der Waals surface area contributed by atoms with E-state index < -0.39 is 58.1 Å². The minimum absolute atomic E-state index is 0.146. The van der Waals surface area contributed by atoms with Crippen molar-refractivity contribution in [3.63, 3.8) is 0 Å². The van der Waals surface area contributed by atoms with E-state index in [0.29, 0.717) is 5.56 Å². The van der Waals surface area contributed by atoms with Gasteiger partial charge in [-0.15, -0.1) is 0 Å². The first-order valence-corrected chi connectivity index (χ1v) is 13.0. The number of amides is 2. The van der Waals surface area contributed by atoms with Crippen LogP contribution in [0.2, 0.25) is 5.02 Å². The van der Waals surface area contributed by atoms with Crippen LogP contribution in [0, 0.1) is 11.6 Å². The third-order valence-electron chi connectivity index (χ3n) is 6.36. The van der Waals surface area contributed by atoms with E-state index >= 15 is 8.78 Å². The van der Waals surface area contributed by atoms with Crippen molar-refractivity contribution in [1.29, 1.82) is 0 Å². The third-order valence-corrected chi connectivity index (χ3v) is 6.73. The fourth-order valence-corrected chi connectivity index (χ4v) is 4.92. The Kier molecular flexibility index (Phi) is 8.44. The van der Waals surface area contributed by atoms with Gasteiger partial charge in [0.2, 0.25) is 5.91 Å². The number of carbonyl (C=O) groups is 2. The van der Waals surface area contributed by atoms with Crippen molar-refractivity contribution >= 4 is 23.6 Å². The number of aliphatic hydroxyl groups is 2. The van der Waals surface area contributed by atoms with Gasteiger partial charge in [0.15, 0.2) is 17.2 Å². The summed E-state index contributed by atoms with van der Waals surface area (Å²) in [5, 5.41) is 23.0. The maximum atomic E-state index is 15.9. The number of hydrogen-bond donors (Lipinski definition) is 4. The molecule has 3 aromatic carbocycles. The lowest BCUT2D eigenvalue weighted by molar-refractivity contribution is -0.0336. The number of ether oxygens (including phenoxy) is 3. The summed E-state index contributed by atoms with van der Waals surface area (Å²) in [4.78, 5) is 24.9. The molecule has 2 unspecified atom stereocenters. The average Bonchev–Trinajstić information content (AvgIpc) is 3.19. The Hall–Kier alpha value is -3.93. The largest absolute Gasteiger partial charge is 0.488 e. The van der Waals surface area contributed by atoms with E-state index in [9.17, 15) is 14.7 Å². The highest BCUT2D eigenvalue weighted by Crippen LogP contribution is 2.55. The molecule has 4 rings (SSSR count). The van der Waals surface area contributed by atoms with Crippen molar-refractivity contribution in [2.24, 2.45) is 5.73 Å². The van der Waals surface area contributed by atoms with Gasteiger partial charge in [-0.25, -0.2) is 13.6 Å². The van der Waals surface area contributed by atoms with Gasteiger partial charge in [-0.2, -0.15) is 0 Å². The molecule has 2 atom stereocenters. The van der Waals surface area contributed by atoms with E-state index in [4.69, 9.17) is 36.7 Å². The minimum Gasteiger partial charge on any atom is -0.488 e. The van der Waals surface area contributed by atoms with Gasteiger partial charge in [-0.05, 0) is 32.9 Å². The summed E-state index contributed by atoms with van der Waals surface area (Å²) in [6.45, 7) is 3.97. The van der Waals surface area contributed by atoms with Crippen LogP contribution in [0.4, 0.5) is 13.6 Å². The van der Waals surface area contributed by atoms with Crippen LogP contribution in [0.5, 0.6) is 11.5 Å². The first-order chi connectivity index (χ1) is 19.3. The van der Waals surface area contributed by atoms with E-state index in [2.05, 4.69) is 5.32 Å². The molecule has 2 amide bonds. The van der Waals surface area contributed by atoms with Gasteiger partial charge < -0.3 is 35.5 Å². The zero-order chi connectivity index (χ0) is 30.1. The van der Waals surface area contributed by atoms with Crippen LogP contribution in [0.15, 0.2) is 48.5 Å². The Bertz CT molecular complexity index is 1480. The van der Waals surface area contributed by atoms with Crippen molar-refractivity contribution in [3.05, 3.63) is 81.9 Å². The van der Waals surface area contributed by atoms with Gasteiger partial charge in [0.05, 0.1) is 23.7 Å². The molecule has 0 radical (unpaired) electrons. The molecule has 0 spiro atoms. The quantitative estimate of drug-likeness (QED) is 0.300. The molecular weight excluding hydrogens is 562 g/mol. The molecule has 0 saturated carbocycles. The topological polar surface area (TPSA) is 140 Å². The fourth-order valence-electron chi connectivity index (χ4n) is 4.67. The molecule has 0 fully saturated rings. The summed E-state index contributed by atoms with van der Waals surface area (Å²) in [5.41, 5.74) is 1.92. The number of carbonyl (C=O) groups excluding carboxylic acids is 2. The van der Waals surface area contributed by atoms with E-state index in [1.165, 1.54) is 0 Å². The molecule has 41 heavy (non-hydrogen) atoms. The van der Waals surface area contributed by atoms with Crippen molar-refractivity contribution in [2.45, 2.75) is 38.1 Å². The summed E-state index contributed by atoms with van der Waals surface area (Å²) in [6, 6.07) is 11.5. The van der Waals surface area contributed by atoms with Crippen LogP contribution < -0.4 is 20.5 Å². The summed E-state index contributed by atoms with van der Waals surface area (Å²) in [5.74, 6) is -3.80. The zero-order valence-electron chi connectivity index (χ0n) is 22.5. The van der Waals surface area contributed by atoms with Gasteiger partial charge in [0.1, 0.15) is 29.9 Å². The first kappa shape index (κ1) is 30.0. The standard InChI is InChI=1S/C29H29ClF2N2O7/c1-28(2,3)41-27(38)34-14-29(15-7-5-4-6-8-15)25(36)21-19(40-29)13-17(31)23(30)22(21)20-16(26(33)37)9-10-18(24(20)32)39-12-11-35/h4-10,13,25,35-36H,11-12,14H2,1-3H3,(H2,33,37)(H,34,38). The number of nitrogens with one attached hydrogen (secondary N) is 1. The van der Waals surface area contributed by atoms with Gasteiger partial charge in [-0.3, -0.25) is 4.79 Å². The lowest BCUT2D eigenvalue weighted by atomic mass is 9.83. The minimum atomic E-state index is -1.75.